The summed E-state index contributed by atoms with van der Waals surface area (Å²) in [4.78, 5) is 12.8. The fraction of sp³-hybridized carbons (Fsp3) is 0.240. The van der Waals surface area contributed by atoms with Crippen LogP contribution >= 0.6 is 0 Å². The van der Waals surface area contributed by atoms with Crippen LogP contribution in [0.3, 0.4) is 0 Å². The monoisotopic (exact) mass is 406 g/mol. The first-order valence-corrected chi connectivity index (χ1v) is 9.80. The molecule has 30 heavy (non-hydrogen) atoms. The Labute approximate surface area is 175 Å². The van der Waals surface area contributed by atoms with Crippen LogP contribution in [0.15, 0.2) is 63.8 Å². The Hall–Kier alpha value is -3.47. The summed E-state index contributed by atoms with van der Waals surface area (Å²) in [6, 6.07) is 7.49. The molecule has 0 spiro atoms. The number of phenolic OH excluding ortho intramolecular Hbond substituents is 3. The first kappa shape index (κ1) is 21.2. The molecule has 5 heteroatoms. The van der Waals surface area contributed by atoms with Crippen molar-refractivity contribution in [2.45, 2.75) is 39.5 Å². The Morgan fingerprint density at radius 3 is 2.23 bits per heavy atom. The fourth-order valence-electron chi connectivity index (χ4n) is 3.36. The Bertz CT molecular complexity index is 1200. The third-order valence-electron chi connectivity index (χ3n) is 5.05. The number of phenols is 3. The Kier molecular flexibility index (Phi) is 6.01. The van der Waals surface area contributed by atoms with Crippen LogP contribution in [0.2, 0.25) is 0 Å². The quantitative estimate of drug-likeness (QED) is 0.445. The van der Waals surface area contributed by atoms with Crippen LogP contribution in [0.5, 0.6) is 17.2 Å². The van der Waals surface area contributed by atoms with Gasteiger partial charge in [-0.3, -0.25) is 4.79 Å². The minimum atomic E-state index is -0.406. The normalized spacial score (nSPS) is 11.0. The molecule has 0 radical (unpaired) electrons. The molecule has 2 aromatic carbocycles. The van der Waals surface area contributed by atoms with Crippen molar-refractivity contribution in [1.82, 2.24) is 0 Å². The molecule has 156 valence electrons. The highest BCUT2D eigenvalue weighted by molar-refractivity contribution is 5.89. The average Bonchev–Trinajstić information content (AvgIpc) is 2.66. The lowest BCUT2D eigenvalue weighted by Gasteiger charge is -2.12. The lowest BCUT2D eigenvalue weighted by Crippen LogP contribution is -2.03. The Morgan fingerprint density at radius 1 is 0.900 bits per heavy atom. The number of rotatable bonds is 7. The molecule has 0 aliphatic rings. The molecule has 0 amide bonds. The first-order valence-electron chi connectivity index (χ1n) is 9.80. The van der Waals surface area contributed by atoms with Crippen molar-refractivity contribution in [3.8, 4) is 28.6 Å². The van der Waals surface area contributed by atoms with Crippen molar-refractivity contribution in [3.05, 3.63) is 76.0 Å². The number of fused-ring (bicyclic) bond motifs is 1. The zero-order valence-electron chi connectivity index (χ0n) is 17.3. The number of aryl methyl sites for hydroxylation is 2. The van der Waals surface area contributed by atoms with Gasteiger partial charge in [0.2, 0.25) is 0 Å². The van der Waals surface area contributed by atoms with E-state index in [1.165, 1.54) is 12.1 Å². The summed E-state index contributed by atoms with van der Waals surface area (Å²) in [7, 11) is 0. The van der Waals surface area contributed by atoms with Crippen LogP contribution in [0, 0.1) is 0 Å². The molecule has 3 rings (SSSR count). The second kappa shape index (κ2) is 8.49. The van der Waals surface area contributed by atoms with Crippen LogP contribution in [-0.2, 0) is 12.8 Å². The summed E-state index contributed by atoms with van der Waals surface area (Å²) in [6.45, 7) is 11.6. The zero-order chi connectivity index (χ0) is 22.0. The van der Waals surface area contributed by atoms with E-state index in [1.54, 1.807) is 18.2 Å². The third-order valence-corrected chi connectivity index (χ3v) is 5.05. The van der Waals surface area contributed by atoms with E-state index in [9.17, 15) is 20.1 Å². The van der Waals surface area contributed by atoms with Gasteiger partial charge >= 0.3 is 0 Å². The Balaban J connectivity index is 2.17. The predicted octanol–water partition coefficient (Wildman–Crippen LogP) is 5.59. The zero-order valence-corrected chi connectivity index (χ0v) is 17.3. The van der Waals surface area contributed by atoms with E-state index in [0.717, 1.165) is 23.1 Å². The second-order valence-electron chi connectivity index (χ2n) is 7.83. The largest absolute Gasteiger partial charge is 0.508 e. The SMILES string of the molecule is C=C(C)CCc1cc(-c2cc(=O)c3c(O)cc(O)c(CCC(=C)C)c3o2)ccc1O. The smallest absolute Gasteiger partial charge is 0.197 e. The van der Waals surface area contributed by atoms with Crippen LogP contribution < -0.4 is 5.43 Å². The number of hydrogen-bond donors (Lipinski definition) is 3. The van der Waals surface area contributed by atoms with Gasteiger partial charge in [0.1, 0.15) is 34.0 Å². The van der Waals surface area contributed by atoms with Crippen LogP contribution in [0.4, 0.5) is 0 Å². The van der Waals surface area contributed by atoms with Gasteiger partial charge in [-0.2, -0.15) is 0 Å². The standard InChI is InChI=1S/C25H26O5/c1-14(2)5-7-16-11-17(8-10-19(16)26)23-13-22(29)24-21(28)12-20(27)18(25(24)30-23)9-6-15(3)4/h8,10-13,26-28H,1,3,5-7,9H2,2,4H3. The van der Waals surface area contributed by atoms with Crippen LogP contribution in [0.25, 0.3) is 22.3 Å². The van der Waals surface area contributed by atoms with E-state index in [2.05, 4.69) is 13.2 Å². The van der Waals surface area contributed by atoms with E-state index in [0.29, 0.717) is 36.1 Å². The highest BCUT2D eigenvalue weighted by Gasteiger charge is 2.18. The van der Waals surface area contributed by atoms with Crippen molar-refractivity contribution >= 4 is 11.0 Å². The van der Waals surface area contributed by atoms with Gasteiger partial charge in [-0.25, -0.2) is 0 Å². The maximum atomic E-state index is 12.8. The molecule has 0 fully saturated rings. The molecule has 0 bridgehead atoms. The maximum absolute atomic E-state index is 12.8. The van der Waals surface area contributed by atoms with Gasteiger partial charge in [0.25, 0.3) is 0 Å². The lowest BCUT2D eigenvalue weighted by atomic mass is 10.00. The minimum Gasteiger partial charge on any atom is -0.508 e. The molecule has 0 aliphatic heterocycles. The van der Waals surface area contributed by atoms with Crippen molar-refractivity contribution < 1.29 is 19.7 Å². The first-order chi connectivity index (χ1) is 14.2. The molecule has 0 saturated heterocycles. The summed E-state index contributed by atoms with van der Waals surface area (Å²) >= 11 is 0. The van der Waals surface area contributed by atoms with Crippen LogP contribution in [0.1, 0.15) is 37.8 Å². The Morgan fingerprint density at radius 2 is 1.57 bits per heavy atom. The van der Waals surface area contributed by atoms with Gasteiger partial charge in [-0.1, -0.05) is 11.1 Å². The maximum Gasteiger partial charge on any atom is 0.197 e. The summed E-state index contributed by atoms with van der Waals surface area (Å²) < 4.78 is 6.03. The molecule has 1 aromatic heterocycles. The highest BCUT2D eigenvalue weighted by Crippen LogP contribution is 2.36. The molecule has 3 aromatic rings. The van der Waals surface area contributed by atoms with Gasteiger partial charge in [-0.15, -0.1) is 13.2 Å². The number of hydrogen-bond acceptors (Lipinski definition) is 5. The van der Waals surface area contributed by atoms with Crippen molar-refractivity contribution in [1.29, 1.82) is 0 Å². The molecular weight excluding hydrogens is 380 g/mol. The van der Waals surface area contributed by atoms with Crippen molar-refractivity contribution in [3.63, 3.8) is 0 Å². The molecule has 0 atom stereocenters. The third kappa shape index (κ3) is 4.40. The van der Waals surface area contributed by atoms with Gasteiger partial charge < -0.3 is 19.7 Å². The lowest BCUT2D eigenvalue weighted by molar-refractivity contribution is 0.447. The minimum absolute atomic E-state index is 0.0366. The number of aromatic hydroxyl groups is 3. The van der Waals surface area contributed by atoms with E-state index < -0.39 is 5.43 Å². The van der Waals surface area contributed by atoms with E-state index in [-0.39, 0.29) is 28.2 Å². The molecule has 1 heterocycles. The summed E-state index contributed by atoms with van der Waals surface area (Å²) in [6.07, 6.45) is 2.36. The van der Waals surface area contributed by atoms with Gasteiger partial charge in [-0.05, 0) is 63.3 Å². The van der Waals surface area contributed by atoms with Gasteiger partial charge in [0.05, 0.1) is 0 Å². The van der Waals surface area contributed by atoms with E-state index in [1.807, 2.05) is 13.8 Å². The highest BCUT2D eigenvalue weighted by atomic mass is 16.3. The molecule has 0 aliphatic carbocycles. The molecule has 3 N–H and O–H groups in total. The predicted molar refractivity (Wildman–Crippen MR) is 119 cm³/mol. The molecule has 0 unspecified atom stereocenters. The number of benzene rings is 2. The van der Waals surface area contributed by atoms with E-state index >= 15 is 0 Å². The average molecular weight is 406 g/mol. The summed E-state index contributed by atoms with van der Waals surface area (Å²) in [5, 5.41) is 30.8. The second-order valence-corrected chi connectivity index (χ2v) is 7.83. The van der Waals surface area contributed by atoms with Crippen LogP contribution in [-0.4, -0.2) is 15.3 Å². The van der Waals surface area contributed by atoms with Gasteiger partial charge in [0, 0.05) is 23.3 Å². The fourth-order valence-corrected chi connectivity index (χ4v) is 3.36. The summed E-state index contributed by atoms with van der Waals surface area (Å²) in [5.74, 6) is 0.00959. The van der Waals surface area contributed by atoms with Crippen molar-refractivity contribution in [2.75, 3.05) is 0 Å². The van der Waals surface area contributed by atoms with Gasteiger partial charge in [0.15, 0.2) is 5.43 Å². The van der Waals surface area contributed by atoms with Crippen molar-refractivity contribution in [2.24, 2.45) is 0 Å². The van der Waals surface area contributed by atoms with E-state index in [4.69, 9.17) is 4.42 Å². The summed E-state index contributed by atoms with van der Waals surface area (Å²) in [5.41, 5.74) is 3.48. The molecule has 5 nitrogen and oxygen atoms in total. The number of allylic oxidation sites excluding steroid dienone is 2. The molecule has 0 saturated carbocycles. The topological polar surface area (TPSA) is 90.9 Å². The molecular formula is C25H26O5.